The zero-order valence-corrected chi connectivity index (χ0v) is 14.8. The van der Waals surface area contributed by atoms with E-state index < -0.39 is 0 Å². The van der Waals surface area contributed by atoms with Gasteiger partial charge in [0.25, 0.3) is 0 Å². The average Bonchev–Trinajstić information content (AvgIpc) is 3.03. The first kappa shape index (κ1) is 15.5. The molecule has 0 spiro atoms. The highest BCUT2D eigenvalue weighted by atomic mass is 16.5. The number of fused-ring (bicyclic) bond motifs is 3. The fraction of sp³-hybridized carbons (Fsp3) is 0.429. The van der Waals surface area contributed by atoms with Gasteiger partial charge in [-0.15, -0.1) is 0 Å². The van der Waals surface area contributed by atoms with E-state index >= 15 is 0 Å². The fourth-order valence-electron chi connectivity index (χ4n) is 4.63. The van der Waals surface area contributed by atoms with Gasteiger partial charge in [-0.05, 0) is 42.7 Å². The first-order valence-electron chi connectivity index (χ1n) is 8.91. The van der Waals surface area contributed by atoms with Gasteiger partial charge < -0.3 is 9.64 Å². The van der Waals surface area contributed by atoms with E-state index in [9.17, 15) is 0 Å². The zero-order valence-electron chi connectivity index (χ0n) is 14.8. The second-order valence-corrected chi connectivity index (χ2v) is 7.22. The van der Waals surface area contributed by atoms with Gasteiger partial charge in [-0.25, -0.2) is 0 Å². The molecule has 2 aliphatic rings. The molecule has 0 saturated carbocycles. The van der Waals surface area contributed by atoms with Crippen LogP contribution in [0.2, 0.25) is 0 Å². The van der Waals surface area contributed by atoms with Crippen LogP contribution >= 0.6 is 0 Å². The zero-order chi connectivity index (χ0) is 16.7. The molecule has 2 aliphatic heterocycles. The minimum absolute atomic E-state index is 0.173. The van der Waals surface area contributed by atoms with Crippen molar-refractivity contribution in [1.29, 1.82) is 0 Å². The second kappa shape index (κ2) is 5.82. The average molecular weight is 322 g/mol. The van der Waals surface area contributed by atoms with Gasteiger partial charge >= 0.3 is 0 Å². The SMILES string of the molecule is CCOc1ccc2c(c1)[C@]1(C)CCN(Cc3ccccc3)[C@@H]1N2C. The van der Waals surface area contributed by atoms with Gasteiger partial charge in [0.1, 0.15) is 5.75 Å². The highest BCUT2D eigenvalue weighted by molar-refractivity contribution is 5.66. The molecule has 0 N–H and O–H groups in total. The molecule has 2 aromatic carbocycles. The summed E-state index contributed by atoms with van der Waals surface area (Å²) in [6.45, 7) is 7.33. The Balaban J connectivity index is 1.66. The number of anilines is 1. The number of ether oxygens (including phenoxy) is 1. The second-order valence-electron chi connectivity index (χ2n) is 7.22. The van der Waals surface area contributed by atoms with E-state index in [0.29, 0.717) is 6.17 Å². The van der Waals surface area contributed by atoms with E-state index in [1.165, 1.54) is 23.2 Å². The van der Waals surface area contributed by atoms with Crippen LogP contribution in [0, 0.1) is 0 Å². The summed E-state index contributed by atoms with van der Waals surface area (Å²) in [5, 5.41) is 0. The highest BCUT2D eigenvalue weighted by Gasteiger charge is 2.53. The summed E-state index contributed by atoms with van der Waals surface area (Å²) in [5.41, 5.74) is 4.35. The molecule has 0 unspecified atom stereocenters. The minimum atomic E-state index is 0.173. The van der Waals surface area contributed by atoms with Crippen LogP contribution in [0.15, 0.2) is 48.5 Å². The summed E-state index contributed by atoms with van der Waals surface area (Å²) >= 11 is 0. The van der Waals surface area contributed by atoms with Crippen LogP contribution in [0.4, 0.5) is 5.69 Å². The predicted octanol–water partition coefficient (Wildman–Crippen LogP) is 4.02. The summed E-state index contributed by atoms with van der Waals surface area (Å²) in [7, 11) is 2.23. The topological polar surface area (TPSA) is 15.7 Å². The number of nitrogens with zero attached hydrogens (tertiary/aromatic N) is 2. The van der Waals surface area contributed by atoms with Crippen molar-refractivity contribution in [2.24, 2.45) is 0 Å². The van der Waals surface area contributed by atoms with Crippen LogP contribution in [-0.4, -0.2) is 31.3 Å². The third kappa shape index (κ3) is 2.30. The van der Waals surface area contributed by atoms with Crippen LogP contribution in [-0.2, 0) is 12.0 Å². The first-order valence-corrected chi connectivity index (χ1v) is 8.91. The normalized spacial score (nSPS) is 25.6. The van der Waals surface area contributed by atoms with E-state index in [1.807, 2.05) is 6.92 Å². The lowest BCUT2D eigenvalue weighted by Gasteiger charge is -2.34. The fourth-order valence-corrected chi connectivity index (χ4v) is 4.63. The van der Waals surface area contributed by atoms with Crippen molar-refractivity contribution in [2.75, 3.05) is 25.1 Å². The summed E-state index contributed by atoms with van der Waals surface area (Å²) in [6.07, 6.45) is 1.61. The Kier molecular flexibility index (Phi) is 3.76. The molecule has 2 atom stereocenters. The van der Waals surface area contributed by atoms with Crippen LogP contribution in [0.25, 0.3) is 0 Å². The molecule has 2 heterocycles. The largest absolute Gasteiger partial charge is 0.494 e. The van der Waals surface area contributed by atoms with Crippen molar-refractivity contribution < 1.29 is 4.74 Å². The monoisotopic (exact) mass is 322 g/mol. The Morgan fingerprint density at radius 1 is 1.17 bits per heavy atom. The van der Waals surface area contributed by atoms with E-state index in [0.717, 1.165) is 25.4 Å². The quantitative estimate of drug-likeness (QED) is 0.845. The summed E-state index contributed by atoms with van der Waals surface area (Å²) < 4.78 is 5.75. The standard InChI is InChI=1S/C21H26N2O/c1-4-24-17-10-11-19-18(14-17)21(2)12-13-23(20(21)22(19)3)15-16-8-6-5-7-9-16/h5-11,14,20H,4,12-13,15H2,1-3H3/t20-,21-/m0/s1. The van der Waals surface area contributed by atoms with Crippen molar-refractivity contribution in [3.63, 3.8) is 0 Å². The molecule has 0 amide bonds. The molecular formula is C21H26N2O. The molecule has 2 aromatic rings. The van der Waals surface area contributed by atoms with Crippen molar-refractivity contribution in [2.45, 2.75) is 38.4 Å². The molecule has 1 saturated heterocycles. The lowest BCUT2D eigenvalue weighted by Crippen LogP contribution is -2.46. The highest BCUT2D eigenvalue weighted by Crippen LogP contribution is 2.52. The number of benzene rings is 2. The summed E-state index contributed by atoms with van der Waals surface area (Å²) in [4.78, 5) is 5.08. The van der Waals surface area contributed by atoms with Gasteiger partial charge in [0.15, 0.2) is 0 Å². The van der Waals surface area contributed by atoms with Crippen LogP contribution in [0.3, 0.4) is 0 Å². The van der Waals surface area contributed by atoms with Gasteiger partial charge in [0.05, 0.1) is 12.8 Å². The molecule has 126 valence electrons. The van der Waals surface area contributed by atoms with Gasteiger partial charge in [-0.1, -0.05) is 37.3 Å². The van der Waals surface area contributed by atoms with E-state index in [2.05, 4.69) is 72.3 Å². The molecule has 1 fully saturated rings. The molecular weight excluding hydrogens is 296 g/mol. The molecule has 0 aliphatic carbocycles. The molecule has 4 rings (SSSR count). The molecule has 0 bridgehead atoms. The van der Waals surface area contributed by atoms with Crippen LogP contribution < -0.4 is 9.64 Å². The Labute approximate surface area is 144 Å². The van der Waals surface area contributed by atoms with Gasteiger partial charge in [0.2, 0.25) is 0 Å². The van der Waals surface area contributed by atoms with E-state index in [4.69, 9.17) is 4.74 Å². The Hall–Kier alpha value is -2.00. The molecule has 3 nitrogen and oxygen atoms in total. The van der Waals surface area contributed by atoms with Crippen molar-refractivity contribution in [3.05, 3.63) is 59.7 Å². The van der Waals surface area contributed by atoms with Crippen molar-refractivity contribution >= 4 is 5.69 Å². The molecule has 0 radical (unpaired) electrons. The van der Waals surface area contributed by atoms with Crippen LogP contribution in [0.1, 0.15) is 31.4 Å². The molecule has 0 aromatic heterocycles. The first-order chi connectivity index (χ1) is 11.6. The number of likely N-dealkylation sites (tertiary alicyclic amines) is 1. The lowest BCUT2D eigenvalue weighted by molar-refractivity contribution is 0.215. The van der Waals surface area contributed by atoms with Gasteiger partial charge in [-0.2, -0.15) is 0 Å². The lowest BCUT2D eigenvalue weighted by atomic mass is 9.81. The third-order valence-corrected chi connectivity index (χ3v) is 5.70. The number of hydrogen-bond donors (Lipinski definition) is 0. The summed E-state index contributed by atoms with van der Waals surface area (Å²) in [6, 6.07) is 17.4. The third-order valence-electron chi connectivity index (χ3n) is 5.70. The Morgan fingerprint density at radius 3 is 2.71 bits per heavy atom. The van der Waals surface area contributed by atoms with Crippen molar-refractivity contribution in [1.82, 2.24) is 4.90 Å². The van der Waals surface area contributed by atoms with E-state index in [-0.39, 0.29) is 5.41 Å². The number of likely N-dealkylation sites (N-methyl/N-ethyl adjacent to an activating group) is 1. The minimum Gasteiger partial charge on any atom is -0.494 e. The maximum atomic E-state index is 5.75. The Bertz CT molecular complexity index is 730. The molecule has 3 heteroatoms. The predicted molar refractivity (Wildman–Crippen MR) is 98.6 cm³/mol. The maximum Gasteiger partial charge on any atom is 0.119 e. The number of hydrogen-bond acceptors (Lipinski definition) is 3. The maximum absolute atomic E-state index is 5.75. The number of rotatable bonds is 4. The Morgan fingerprint density at radius 2 is 1.96 bits per heavy atom. The van der Waals surface area contributed by atoms with Crippen molar-refractivity contribution in [3.8, 4) is 5.75 Å². The smallest absolute Gasteiger partial charge is 0.119 e. The molecule has 24 heavy (non-hydrogen) atoms. The van der Waals surface area contributed by atoms with Gasteiger partial charge in [0, 0.05) is 31.2 Å². The van der Waals surface area contributed by atoms with Gasteiger partial charge in [-0.3, -0.25) is 4.90 Å². The summed E-state index contributed by atoms with van der Waals surface area (Å²) in [5.74, 6) is 0.994. The van der Waals surface area contributed by atoms with Crippen LogP contribution in [0.5, 0.6) is 5.75 Å². The van der Waals surface area contributed by atoms with E-state index in [1.54, 1.807) is 0 Å².